The van der Waals surface area contributed by atoms with Crippen LogP contribution in [0.25, 0.3) is 21.7 Å². The Morgan fingerprint density at radius 1 is 0.966 bits per heavy atom. The average molecular weight is 399 g/mol. The maximum Gasteiger partial charge on any atom is 0.270 e. The lowest BCUT2D eigenvalue weighted by Gasteiger charge is -2.03. The van der Waals surface area contributed by atoms with Gasteiger partial charge >= 0.3 is 0 Å². The van der Waals surface area contributed by atoms with Crippen LogP contribution in [-0.4, -0.2) is 16.1 Å². The molecular formula is C23H17N3O2S. The van der Waals surface area contributed by atoms with Crippen LogP contribution >= 0.6 is 11.3 Å². The summed E-state index contributed by atoms with van der Waals surface area (Å²) < 4.78 is 0. The lowest BCUT2D eigenvalue weighted by molar-refractivity contribution is -0.384. The second-order valence-electron chi connectivity index (χ2n) is 6.52. The minimum absolute atomic E-state index is 0.0402. The molecule has 142 valence electrons. The summed E-state index contributed by atoms with van der Waals surface area (Å²) in [4.78, 5) is 20.8. The van der Waals surface area contributed by atoms with Crippen molar-refractivity contribution in [2.75, 3.05) is 0 Å². The third kappa shape index (κ3) is 4.28. The number of non-ortho nitro benzene ring substituents is 1. The largest absolute Gasteiger partial charge is 0.270 e. The van der Waals surface area contributed by atoms with Crippen molar-refractivity contribution >= 4 is 28.4 Å². The highest BCUT2D eigenvalue weighted by molar-refractivity contribution is 7.19. The Hall–Kier alpha value is -3.64. The van der Waals surface area contributed by atoms with Crippen molar-refractivity contribution in [1.29, 1.82) is 0 Å². The van der Waals surface area contributed by atoms with Gasteiger partial charge in [-0.3, -0.25) is 10.1 Å². The SMILES string of the molecule is Cc1ccc(-c2nc(N=Cc3cccc([N+](=O)[O-])c3)sc2-c2ccccc2)cc1. The number of nitrogens with zero attached hydrogens (tertiary/aromatic N) is 3. The van der Waals surface area contributed by atoms with Crippen molar-refractivity contribution < 1.29 is 4.92 Å². The van der Waals surface area contributed by atoms with E-state index in [1.165, 1.54) is 29.0 Å². The second kappa shape index (κ2) is 8.16. The Morgan fingerprint density at radius 2 is 1.72 bits per heavy atom. The molecule has 0 saturated carbocycles. The first kappa shape index (κ1) is 18.7. The molecule has 4 aromatic rings. The van der Waals surface area contributed by atoms with Gasteiger partial charge in [-0.15, -0.1) is 0 Å². The highest BCUT2D eigenvalue weighted by Crippen LogP contribution is 2.40. The van der Waals surface area contributed by atoms with E-state index in [-0.39, 0.29) is 5.69 Å². The van der Waals surface area contributed by atoms with Crippen molar-refractivity contribution in [1.82, 2.24) is 4.98 Å². The van der Waals surface area contributed by atoms with Gasteiger partial charge in [0, 0.05) is 23.9 Å². The smallest absolute Gasteiger partial charge is 0.258 e. The summed E-state index contributed by atoms with van der Waals surface area (Å²) in [6, 6.07) is 24.7. The van der Waals surface area contributed by atoms with Crippen LogP contribution < -0.4 is 0 Å². The maximum absolute atomic E-state index is 11.0. The van der Waals surface area contributed by atoms with Crippen LogP contribution in [0.2, 0.25) is 0 Å². The van der Waals surface area contributed by atoms with Gasteiger partial charge in [0.25, 0.3) is 5.69 Å². The number of thiazole rings is 1. The fraction of sp³-hybridized carbons (Fsp3) is 0.0435. The Bertz CT molecular complexity index is 1180. The summed E-state index contributed by atoms with van der Waals surface area (Å²) >= 11 is 1.50. The molecule has 6 heteroatoms. The molecule has 0 saturated heterocycles. The predicted octanol–water partition coefficient (Wildman–Crippen LogP) is 6.44. The molecule has 4 rings (SSSR count). The molecule has 0 N–H and O–H groups in total. The number of hydrogen-bond acceptors (Lipinski definition) is 5. The van der Waals surface area contributed by atoms with Gasteiger partial charge in [-0.1, -0.05) is 83.6 Å². The van der Waals surface area contributed by atoms with Crippen LogP contribution in [0.5, 0.6) is 0 Å². The van der Waals surface area contributed by atoms with Crippen LogP contribution in [0.3, 0.4) is 0 Å². The molecule has 0 atom stereocenters. The summed E-state index contributed by atoms with van der Waals surface area (Å²) in [6.45, 7) is 2.05. The van der Waals surface area contributed by atoms with Gasteiger partial charge in [-0.2, -0.15) is 0 Å². The number of nitro benzene ring substituents is 1. The molecule has 0 spiro atoms. The Morgan fingerprint density at radius 3 is 2.45 bits per heavy atom. The van der Waals surface area contributed by atoms with Gasteiger partial charge in [-0.05, 0) is 18.1 Å². The van der Waals surface area contributed by atoms with Gasteiger partial charge in [0.2, 0.25) is 5.13 Å². The van der Waals surface area contributed by atoms with Crippen LogP contribution in [0, 0.1) is 17.0 Å². The summed E-state index contributed by atoms with van der Waals surface area (Å²) in [7, 11) is 0. The van der Waals surface area contributed by atoms with E-state index >= 15 is 0 Å². The molecule has 0 aliphatic rings. The minimum atomic E-state index is -0.413. The standard InChI is InChI=1S/C23H17N3O2S/c1-16-10-12-18(13-11-16)21-22(19-7-3-2-4-8-19)29-23(25-21)24-15-17-6-5-9-20(14-17)26(27)28/h2-15H,1H3. The quantitative estimate of drug-likeness (QED) is 0.220. The topological polar surface area (TPSA) is 68.4 Å². The number of aromatic nitrogens is 1. The van der Waals surface area contributed by atoms with E-state index in [4.69, 9.17) is 4.98 Å². The van der Waals surface area contributed by atoms with E-state index < -0.39 is 4.92 Å². The first-order valence-electron chi connectivity index (χ1n) is 9.02. The Labute approximate surface area is 172 Å². The van der Waals surface area contributed by atoms with E-state index in [0.717, 1.165) is 21.7 Å². The summed E-state index contributed by atoms with van der Waals surface area (Å²) in [5.41, 5.74) is 4.88. The van der Waals surface area contributed by atoms with E-state index in [0.29, 0.717) is 10.7 Å². The van der Waals surface area contributed by atoms with Crippen LogP contribution in [0.15, 0.2) is 83.9 Å². The highest BCUT2D eigenvalue weighted by atomic mass is 32.1. The van der Waals surface area contributed by atoms with Gasteiger partial charge < -0.3 is 0 Å². The molecule has 0 aliphatic carbocycles. The van der Waals surface area contributed by atoms with Crippen LogP contribution in [0.4, 0.5) is 10.8 Å². The fourth-order valence-electron chi connectivity index (χ4n) is 2.90. The number of aliphatic imine (C=N–C) groups is 1. The van der Waals surface area contributed by atoms with Gasteiger partial charge in [0.15, 0.2) is 0 Å². The molecule has 5 nitrogen and oxygen atoms in total. The number of rotatable bonds is 5. The van der Waals surface area contributed by atoms with Crippen molar-refractivity contribution in [3.05, 3.63) is 100 Å². The van der Waals surface area contributed by atoms with E-state index in [1.807, 2.05) is 18.2 Å². The van der Waals surface area contributed by atoms with E-state index in [1.54, 1.807) is 18.3 Å². The first-order chi connectivity index (χ1) is 14.1. The molecule has 1 heterocycles. The molecule has 0 fully saturated rings. The number of nitro groups is 1. The minimum Gasteiger partial charge on any atom is -0.258 e. The Kier molecular flexibility index (Phi) is 5.27. The molecule has 0 bridgehead atoms. The zero-order chi connectivity index (χ0) is 20.2. The Balaban J connectivity index is 1.74. The van der Waals surface area contributed by atoms with Gasteiger partial charge in [-0.25, -0.2) is 9.98 Å². The molecule has 0 amide bonds. The monoisotopic (exact) mass is 399 g/mol. The second-order valence-corrected chi connectivity index (χ2v) is 7.49. The van der Waals surface area contributed by atoms with Crippen molar-refractivity contribution in [3.63, 3.8) is 0 Å². The third-order valence-electron chi connectivity index (χ3n) is 4.38. The zero-order valence-corrected chi connectivity index (χ0v) is 16.5. The zero-order valence-electron chi connectivity index (χ0n) is 15.6. The van der Waals surface area contributed by atoms with Crippen LogP contribution in [-0.2, 0) is 0 Å². The number of hydrogen-bond donors (Lipinski definition) is 0. The summed E-state index contributed by atoms with van der Waals surface area (Å²) in [5, 5.41) is 11.6. The normalized spacial score (nSPS) is 11.1. The summed E-state index contributed by atoms with van der Waals surface area (Å²) in [5.74, 6) is 0. The number of benzene rings is 3. The average Bonchev–Trinajstić information content (AvgIpc) is 3.18. The van der Waals surface area contributed by atoms with Crippen molar-refractivity contribution in [3.8, 4) is 21.7 Å². The molecule has 29 heavy (non-hydrogen) atoms. The fourth-order valence-corrected chi connectivity index (χ4v) is 3.84. The number of aryl methyl sites for hydroxylation is 1. The first-order valence-corrected chi connectivity index (χ1v) is 9.83. The lowest BCUT2D eigenvalue weighted by Crippen LogP contribution is -1.89. The molecule has 1 aromatic heterocycles. The van der Waals surface area contributed by atoms with E-state index in [9.17, 15) is 10.1 Å². The third-order valence-corrected chi connectivity index (χ3v) is 5.39. The van der Waals surface area contributed by atoms with Gasteiger partial charge in [0.1, 0.15) is 0 Å². The molecule has 3 aromatic carbocycles. The molecule has 0 radical (unpaired) electrons. The van der Waals surface area contributed by atoms with Crippen LogP contribution in [0.1, 0.15) is 11.1 Å². The van der Waals surface area contributed by atoms with Crippen molar-refractivity contribution in [2.24, 2.45) is 4.99 Å². The lowest BCUT2D eigenvalue weighted by atomic mass is 10.1. The maximum atomic E-state index is 11.0. The van der Waals surface area contributed by atoms with Crippen molar-refractivity contribution in [2.45, 2.75) is 6.92 Å². The molecule has 0 aliphatic heterocycles. The predicted molar refractivity (Wildman–Crippen MR) is 118 cm³/mol. The van der Waals surface area contributed by atoms with Gasteiger partial charge in [0.05, 0.1) is 15.5 Å². The van der Waals surface area contributed by atoms with E-state index in [2.05, 4.69) is 48.3 Å². The molecule has 0 unspecified atom stereocenters. The molecular weight excluding hydrogens is 382 g/mol. The summed E-state index contributed by atoms with van der Waals surface area (Å²) in [6.07, 6.45) is 1.61. The highest BCUT2D eigenvalue weighted by Gasteiger charge is 2.14.